The molecule has 2 heterocycles. The highest BCUT2D eigenvalue weighted by Gasteiger charge is 2.21. The van der Waals surface area contributed by atoms with Crippen LogP contribution in [-0.4, -0.2) is 22.4 Å². The van der Waals surface area contributed by atoms with Crippen LogP contribution in [0, 0.1) is 22.7 Å². The Morgan fingerprint density at radius 1 is 1.00 bits per heavy atom. The van der Waals surface area contributed by atoms with Gasteiger partial charge in [0.05, 0.1) is 12.2 Å². The maximum absolute atomic E-state index is 11.3. The highest BCUT2D eigenvalue weighted by atomic mass is 16.1. The molecule has 3 aromatic rings. The van der Waals surface area contributed by atoms with Crippen LogP contribution in [-0.2, 0) is 11.3 Å². The van der Waals surface area contributed by atoms with Crippen molar-refractivity contribution < 1.29 is 4.79 Å². The first-order chi connectivity index (χ1) is 15.1. The van der Waals surface area contributed by atoms with E-state index in [1.54, 1.807) is 30.5 Å². The van der Waals surface area contributed by atoms with Crippen molar-refractivity contribution in [1.82, 2.24) is 9.97 Å². The Morgan fingerprint density at radius 3 is 2.23 bits per heavy atom. The van der Waals surface area contributed by atoms with E-state index in [1.165, 1.54) is 6.92 Å². The topological polar surface area (TPSA) is 127 Å². The van der Waals surface area contributed by atoms with Crippen LogP contribution in [0.3, 0.4) is 0 Å². The zero-order valence-electron chi connectivity index (χ0n) is 17.2. The molecule has 0 saturated heterocycles. The van der Waals surface area contributed by atoms with Crippen molar-refractivity contribution in [2.45, 2.75) is 20.4 Å². The third-order valence-corrected chi connectivity index (χ3v) is 4.42. The van der Waals surface area contributed by atoms with E-state index in [4.69, 9.17) is 0 Å². The van der Waals surface area contributed by atoms with E-state index >= 15 is 0 Å². The maximum atomic E-state index is 11.3. The summed E-state index contributed by atoms with van der Waals surface area (Å²) in [5.74, 6) is 0.583. The van der Waals surface area contributed by atoms with E-state index in [9.17, 15) is 15.3 Å². The summed E-state index contributed by atoms with van der Waals surface area (Å²) in [4.78, 5) is 20.1. The molecule has 0 aliphatic heterocycles. The first-order valence-electron chi connectivity index (χ1n) is 9.71. The lowest BCUT2D eigenvalue weighted by Crippen LogP contribution is -2.11. The molecule has 0 atom stereocenters. The molecular weight excluding hydrogens is 390 g/mol. The van der Waals surface area contributed by atoms with Gasteiger partial charge in [-0.15, -0.1) is 0 Å². The second-order valence-corrected chi connectivity index (χ2v) is 6.62. The Bertz CT molecular complexity index is 1160. The van der Waals surface area contributed by atoms with Crippen molar-refractivity contribution >= 4 is 23.2 Å². The molecule has 3 rings (SSSR count). The molecule has 2 aromatic heterocycles. The summed E-state index contributed by atoms with van der Waals surface area (Å²) in [6, 6.07) is 17.0. The highest BCUT2D eigenvalue weighted by Crippen LogP contribution is 2.35. The van der Waals surface area contributed by atoms with E-state index in [0.29, 0.717) is 41.5 Å². The fourth-order valence-corrected chi connectivity index (χ4v) is 3.12. The quantitative estimate of drug-likeness (QED) is 0.538. The SMILES string of the molecule is CCNc1nc(NCc2ccccn2)c(C#N)c(-c2ccc(NC(C)=O)cc2)c1C#N. The summed E-state index contributed by atoms with van der Waals surface area (Å²) in [5.41, 5.74) is 3.13. The lowest BCUT2D eigenvalue weighted by molar-refractivity contribution is -0.114. The molecule has 154 valence electrons. The molecule has 8 nitrogen and oxygen atoms in total. The molecule has 0 fully saturated rings. The minimum Gasteiger partial charge on any atom is -0.369 e. The van der Waals surface area contributed by atoms with Gasteiger partial charge in [-0.3, -0.25) is 9.78 Å². The predicted octanol–water partition coefficient (Wildman–Crippen LogP) is 3.89. The first-order valence-corrected chi connectivity index (χ1v) is 9.71. The molecule has 3 N–H and O–H groups in total. The number of hydrogen-bond donors (Lipinski definition) is 3. The lowest BCUT2D eigenvalue weighted by atomic mass is 9.95. The summed E-state index contributed by atoms with van der Waals surface area (Å²) in [6.07, 6.45) is 1.69. The van der Waals surface area contributed by atoms with Crippen molar-refractivity contribution in [2.75, 3.05) is 22.5 Å². The number of amides is 1. The third kappa shape index (κ3) is 4.95. The van der Waals surface area contributed by atoms with Gasteiger partial charge in [0, 0.05) is 30.9 Å². The predicted molar refractivity (Wildman–Crippen MR) is 119 cm³/mol. The van der Waals surface area contributed by atoms with Crippen molar-refractivity contribution in [3.63, 3.8) is 0 Å². The number of carbonyl (C=O) groups is 1. The summed E-state index contributed by atoms with van der Waals surface area (Å²) in [5, 5.41) is 28.8. The van der Waals surface area contributed by atoms with Crippen molar-refractivity contribution in [2.24, 2.45) is 0 Å². The number of hydrogen-bond acceptors (Lipinski definition) is 7. The molecule has 0 unspecified atom stereocenters. The van der Waals surface area contributed by atoms with Crippen molar-refractivity contribution in [3.05, 3.63) is 65.5 Å². The Labute approximate surface area is 180 Å². The zero-order valence-corrected chi connectivity index (χ0v) is 17.2. The van der Waals surface area contributed by atoms with Crippen LogP contribution < -0.4 is 16.0 Å². The Morgan fingerprint density at radius 2 is 1.68 bits per heavy atom. The largest absolute Gasteiger partial charge is 0.369 e. The van der Waals surface area contributed by atoms with Gasteiger partial charge in [-0.05, 0) is 36.8 Å². The monoisotopic (exact) mass is 411 g/mol. The summed E-state index contributed by atoms with van der Waals surface area (Å²) >= 11 is 0. The second kappa shape index (κ2) is 9.86. The van der Waals surface area contributed by atoms with E-state index in [-0.39, 0.29) is 17.0 Å². The fraction of sp³-hybridized carbons (Fsp3) is 0.174. The molecule has 1 amide bonds. The van der Waals surface area contributed by atoms with Gasteiger partial charge in [0.15, 0.2) is 0 Å². The summed E-state index contributed by atoms with van der Waals surface area (Å²) in [6.45, 7) is 4.28. The molecule has 0 aliphatic rings. The number of benzene rings is 1. The normalized spacial score (nSPS) is 9.94. The van der Waals surface area contributed by atoms with Crippen LogP contribution in [0.1, 0.15) is 30.7 Å². The number of nitrogens with one attached hydrogen (secondary N) is 3. The smallest absolute Gasteiger partial charge is 0.221 e. The summed E-state index contributed by atoms with van der Waals surface area (Å²) in [7, 11) is 0. The lowest BCUT2D eigenvalue weighted by Gasteiger charge is -2.17. The molecule has 8 heteroatoms. The number of nitriles is 2. The number of carbonyl (C=O) groups excluding carboxylic acids is 1. The number of pyridine rings is 2. The Balaban J connectivity index is 2.11. The van der Waals surface area contributed by atoms with Gasteiger partial charge in [-0.25, -0.2) is 4.98 Å². The van der Waals surface area contributed by atoms with Gasteiger partial charge in [-0.1, -0.05) is 18.2 Å². The number of aromatic nitrogens is 2. The molecule has 0 bridgehead atoms. The van der Waals surface area contributed by atoms with E-state index in [1.807, 2.05) is 25.1 Å². The number of nitrogens with zero attached hydrogens (tertiary/aromatic N) is 4. The van der Waals surface area contributed by atoms with Gasteiger partial charge in [-0.2, -0.15) is 10.5 Å². The number of anilines is 3. The standard InChI is InChI=1S/C23H21N7O/c1-3-26-22-19(12-24)21(16-7-9-17(10-8-16)29-15(2)31)20(13-25)23(30-22)28-14-18-6-4-5-11-27-18/h4-11H,3,14H2,1-2H3,(H,29,31)(H2,26,28,30). The first kappa shape index (κ1) is 21.3. The van der Waals surface area contributed by atoms with Crippen LogP contribution >= 0.6 is 0 Å². The molecule has 31 heavy (non-hydrogen) atoms. The van der Waals surface area contributed by atoms with E-state index in [0.717, 1.165) is 5.69 Å². The Kier molecular flexibility index (Phi) is 6.77. The van der Waals surface area contributed by atoms with Crippen molar-refractivity contribution in [1.29, 1.82) is 10.5 Å². The molecule has 1 aromatic carbocycles. The number of rotatable bonds is 7. The molecule has 0 radical (unpaired) electrons. The van der Waals surface area contributed by atoms with Gasteiger partial charge >= 0.3 is 0 Å². The maximum Gasteiger partial charge on any atom is 0.221 e. The Hall–Kier alpha value is -4.43. The minimum atomic E-state index is -0.178. The van der Waals surface area contributed by atoms with Crippen LogP contribution in [0.4, 0.5) is 17.3 Å². The molecule has 0 aliphatic carbocycles. The van der Waals surface area contributed by atoms with Crippen LogP contribution in [0.15, 0.2) is 48.7 Å². The fourth-order valence-electron chi connectivity index (χ4n) is 3.12. The van der Waals surface area contributed by atoms with Crippen LogP contribution in [0.5, 0.6) is 0 Å². The van der Waals surface area contributed by atoms with E-state index in [2.05, 4.69) is 38.1 Å². The van der Waals surface area contributed by atoms with Gasteiger partial charge in [0.2, 0.25) is 5.91 Å². The second-order valence-electron chi connectivity index (χ2n) is 6.62. The van der Waals surface area contributed by atoms with Gasteiger partial charge in [0.1, 0.15) is 34.9 Å². The highest BCUT2D eigenvalue weighted by molar-refractivity contribution is 5.90. The van der Waals surface area contributed by atoms with Crippen molar-refractivity contribution in [3.8, 4) is 23.3 Å². The average Bonchev–Trinajstić information content (AvgIpc) is 2.78. The third-order valence-electron chi connectivity index (χ3n) is 4.42. The average molecular weight is 411 g/mol. The zero-order chi connectivity index (χ0) is 22.2. The van der Waals surface area contributed by atoms with Crippen LogP contribution in [0.25, 0.3) is 11.1 Å². The summed E-state index contributed by atoms with van der Waals surface area (Å²) < 4.78 is 0. The molecule has 0 saturated carbocycles. The van der Waals surface area contributed by atoms with Gasteiger partial charge < -0.3 is 16.0 Å². The van der Waals surface area contributed by atoms with Crippen LogP contribution in [0.2, 0.25) is 0 Å². The van der Waals surface area contributed by atoms with Gasteiger partial charge in [0.25, 0.3) is 0 Å². The minimum absolute atomic E-state index is 0.178. The molecular formula is C23H21N7O. The van der Waals surface area contributed by atoms with E-state index < -0.39 is 0 Å². The molecule has 0 spiro atoms.